The molecule has 90 valence electrons. The number of hydrogen-bond donors (Lipinski definition) is 1. The summed E-state index contributed by atoms with van der Waals surface area (Å²) in [5, 5.41) is 14.8. The molecule has 0 radical (unpaired) electrons. The maximum Gasteiger partial charge on any atom is 0.217 e. The van der Waals surface area contributed by atoms with Crippen LogP contribution in [0.15, 0.2) is 30.3 Å². The van der Waals surface area contributed by atoms with Gasteiger partial charge < -0.3 is 5.11 Å². The molecule has 3 nitrogen and oxygen atoms in total. The van der Waals surface area contributed by atoms with Crippen molar-refractivity contribution in [3.63, 3.8) is 0 Å². The highest BCUT2D eigenvalue weighted by Crippen LogP contribution is 2.31. The van der Waals surface area contributed by atoms with Gasteiger partial charge in [-0.3, -0.25) is 0 Å². The third-order valence-corrected chi connectivity index (χ3v) is 2.89. The Labute approximate surface area is 102 Å². The van der Waals surface area contributed by atoms with E-state index in [1.165, 1.54) is 0 Å². The predicted octanol–water partition coefficient (Wildman–Crippen LogP) is 3.26. The molecule has 0 aliphatic rings. The summed E-state index contributed by atoms with van der Waals surface area (Å²) in [7, 11) is 0. The molecule has 1 N–H and O–H groups in total. The number of aryl methyl sites for hydroxylation is 1. The van der Waals surface area contributed by atoms with Crippen molar-refractivity contribution < 1.29 is 5.11 Å². The molecule has 0 aliphatic heterocycles. The fourth-order valence-electron chi connectivity index (χ4n) is 2.07. The standard InChI is InChI=1S/C14H18N2O/c1-4-12-13(10(2)3)14(17)16(15-12)11-8-6-5-7-9-11/h5-10,17H,4H2,1-3H3. The molecular weight excluding hydrogens is 212 g/mol. The first-order chi connectivity index (χ1) is 8.15. The van der Waals surface area contributed by atoms with E-state index in [1.54, 1.807) is 4.68 Å². The van der Waals surface area contributed by atoms with Crippen LogP contribution in [0, 0.1) is 0 Å². The molecule has 17 heavy (non-hydrogen) atoms. The minimum absolute atomic E-state index is 0.267. The van der Waals surface area contributed by atoms with Crippen molar-refractivity contribution in [3.05, 3.63) is 41.6 Å². The van der Waals surface area contributed by atoms with Gasteiger partial charge in [-0.2, -0.15) is 5.10 Å². The van der Waals surface area contributed by atoms with Gasteiger partial charge >= 0.3 is 0 Å². The van der Waals surface area contributed by atoms with E-state index in [-0.39, 0.29) is 11.8 Å². The number of nitrogens with zero attached hydrogens (tertiary/aromatic N) is 2. The highest BCUT2D eigenvalue weighted by atomic mass is 16.3. The van der Waals surface area contributed by atoms with E-state index in [2.05, 4.69) is 25.9 Å². The lowest BCUT2D eigenvalue weighted by molar-refractivity contribution is 0.425. The summed E-state index contributed by atoms with van der Waals surface area (Å²) >= 11 is 0. The van der Waals surface area contributed by atoms with E-state index in [0.717, 1.165) is 23.4 Å². The van der Waals surface area contributed by atoms with Gasteiger partial charge in [0.15, 0.2) is 0 Å². The van der Waals surface area contributed by atoms with Crippen molar-refractivity contribution in [2.24, 2.45) is 0 Å². The van der Waals surface area contributed by atoms with Crippen molar-refractivity contribution in [1.29, 1.82) is 0 Å². The topological polar surface area (TPSA) is 38.0 Å². The summed E-state index contributed by atoms with van der Waals surface area (Å²) in [5.41, 5.74) is 2.82. The summed E-state index contributed by atoms with van der Waals surface area (Å²) in [6.07, 6.45) is 0.834. The second-order valence-corrected chi connectivity index (χ2v) is 4.44. The summed E-state index contributed by atoms with van der Waals surface area (Å²) in [5.74, 6) is 0.547. The molecule has 2 rings (SSSR count). The average Bonchev–Trinajstić information content (AvgIpc) is 2.67. The Morgan fingerprint density at radius 1 is 1.24 bits per heavy atom. The zero-order valence-electron chi connectivity index (χ0n) is 10.5. The van der Waals surface area contributed by atoms with Crippen molar-refractivity contribution in [1.82, 2.24) is 9.78 Å². The van der Waals surface area contributed by atoms with Crippen LogP contribution in [0.2, 0.25) is 0 Å². The summed E-state index contributed by atoms with van der Waals surface area (Å²) in [6.45, 7) is 6.21. The first kappa shape index (κ1) is 11.7. The number of rotatable bonds is 3. The van der Waals surface area contributed by atoms with Crippen LogP contribution in [-0.2, 0) is 6.42 Å². The van der Waals surface area contributed by atoms with Crippen LogP contribution in [-0.4, -0.2) is 14.9 Å². The molecule has 0 saturated heterocycles. The first-order valence-corrected chi connectivity index (χ1v) is 6.01. The molecule has 0 bridgehead atoms. The summed E-state index contributed by atoms with van der Waals surface area (Å²) in [6, 6.07) is 9.72. The third-order valence-electron chi connectivity index (χ3n) is 2.89. The second-order valence-electron chi connectivity index (χ2n) is 4.44. The van der Waals surface area contributed by atoms with E-state index < -0.39 is 0 Å². The van der Waals surface area contributed by atoms with Gasteiger partial charge in [0, 0.05) is 5.56 Å². The van der Waals surface area contributed by atoms with Crippen molar-refractivity contribution in [3.8, 4) is 11.6 Å². The molecule has 2 aromatic rings. The van der Waals surface area contributed by atoms with Crippen LogP contribution in [0.5, 0.6) is 5.88 Å². The van der Waals surface area contributed by atoms with E-state index in [4.69, 9.17) is 0 Å². The summed E-state index contributed by atoms with van der Waals surface area (Å²) in [4.78, 5) is 0. The third kappa shape index (κ3) is 2.05. The minimum atomic E-state index is 0.267. The smallest absolute Gasteiger partial charge is 0.217 e. The molecular formula is C14H18N2O. The molecule has 0 spiro atoms. The Hall–Kier alpha value is -1.77. The van der Waals surface area contributed by atoms with Crippen LogP contribution < -0.4 is 0 Å². The van der Waals surface area contributed by atoms with Crippen molar-refractivity contribution >= 4 is 0 Å². The van der Waals surface area contributed by atoms with Crippen molar-refractivity contribution in [2.45, 2.75) is 33.1 Å². The minimum Gasteiger partial charge on any atom is -0.493 e. The molecule has 1 aromatic heterocycles. The van der Waals surface area contributed by atoms with Crippen LogP contribution in [0.25, 0.3) is 5.69 Å². The number of aromatic nitrogens is 2. The molecule has 1 aromatic carbocycles. The zero-order valence-corrected chi connectivity index (χ0v) is 10.5. The van der Waals surface area contributed by atoms with E-state index in [1.807, 2.05) is 30.3 Å². The second kappa shape index (κ2) is 4.62. The number of hydrogen-bond acceptors (Lipinski definition) is 2. The Kier molecular flexibility index (Phi) is 3.18. The van der Waals surface area contributed by atoms with E-state index >= 15 is 0 Å². The Balaban J connectivity index is 2.57. The SMILES string of the molecule is CCc1nn(-c2ccccc2)c(O)c1C(C)C. The van der Waals surface area contributed by atoms with E-state index in [0.29, 0.717) is 0 Å². The van der Waals surface area contributed by atoms with Gasteiger partial charge in [-0.25, -0.2) is 4.68 Å². The monoisotopic (exact) mass is 230 g/mol. The molecule has 3 heteroatoms. The maximum absolute atomic E-state index is 10.3. The Bertz CT molecular complexity index is 500. The average molecular weight is 230 g/mol. The molecule has 0 atom stereocenters. The lowest BCUT2D eigenvalue weighted by Crippen LogP contribution is -1.95. The van der Waals surface area contributed by atoms with Crippen LogP contribution in [0.1, 0.15) is 37.9 Å². The van der Waals surface area contributed by atoms with Gasteiger partial charge in [-0.05, 0) is 24.5 Å². The Morgan fingerprint density at radius 3 is 2.35 bits per heavy atom. The van der Waals surface area contributed by atoms with E-state index in [9.17, 15) is 5.11 Å². The van der Waals surface area contributed by atoms with Crippen LogP contribution in [0.3, 0.4) is 0 Å². The molecule has 0 fully saturated rings. The number of para-hydroxylation sites is 1. The fraction of sp³-hybridized carbons (Fsp3) is 0.357. The lowest BCUT2D eigenvalue weighted by Gasteiger charge is -2.05. The van der Waals surface area contributed by atoms with Gasteiger partial charge in [0.25, 0.3) is 0 Å². The molecule has 0 amide bonds. The zero-order chi connectivity index (χ0) is 12.4. The highest BCUT2D eigenvalue weighted by molar-refractivity contribution is 5.42. The normalized spacial score (nSPS) is 11.1. The fourth-order valence-corrected chi connectivity index (χ4v) is 2.07. The van der Waals surface area contributed by atoms with Gasteiger partial charge in [-0.1, -0.05) is 39.0 Å². The number of benzene rings is 1. The van der Waals surface area contributed by atoms with Crippen LogP contribution >= 0.6 is 0 Å². The van der Waals surface area contributed by atoms with Gasteiger partial charge in [0.1, 0.15) is 0 Å². The maximum atomic E-state index is 10.3. The molecule has 0 unspecified atom stereocenters. The molecule has 0 saturated carbocycles. The predicted molar refractivity (Wildman–Crippen MR) is 68.7 cm³/mol. The van der Waals surface area contributed by atoms with Crippen molar-refractivity contribution in [2.75, 3.05) is 0 Å². The van der Waals surface area contributed by atoms with Gasteiger partial charge in [0.2, 0.25) is 5.88 Å². The Morgan fingerprint density at radius 2 is 1.88 bits per heavy atom. The first-order valence-electron chi connectivity index (χ1n) is 6.01. The largest absolute Gasteiger partial charge is 0.493 e. The van der Waals surface area contributed by atoms with Gasteiger partial charge in [-0.15, -0.1) is 0 Å². The molecule has 0 aliphatic carbocycles. The highest BCUT2D eigenvalue weighted by Gasteiger charge is 2.19. The number of aromatic hydroxyl groups is 1. The van der Waals surface area contributed by atoms with Gasteiger partial charge in [0.05, 0.1) is 11.4 Å². The molecule has 1 heterocycles. The quantitative estimate of drug-likeness (QED) is 0.878. The summed E-state index contributed by atoms with van der Waals surface area (Å²) < 4.78 is 1.62. The lowest BCUT2D eigenvalue weighted by atomic mass is 10.0. The van der Waals surface area contributed by atoms with Crippen LogP contribution in [0.4, 0.5) is 0 Å².